The number of hydrogen-bond donors (Lipinski definition) is 1. The number of aromatic nitrogens is 2. The molecule has 2 heterocycles. The lowest BCUT2D eigenvalue weighted by molar-refractivity contribution is 0.0996. The van der Waals surface area contributed by atoms with Crippen LogP contribution in [0, 0.1) is 0 Å². The van der Waals surface area contributed by atoms with Crippen LogP contribution in [0.5, 0.6) is 0 Å². The summed E-state index contributed by atoms with van der Waals surface area (Å²) in [6.07, 6.45) is 3.73. The monoisotopic (exact) mass is 233 g/mol. The molecule has 1 saturated carbocycles. The fourth-order valence-electron chi connectivity index (χ4n) is 1.96. The lowest BCUT2D eigenvalue weighted by Crippen LogP contribution is -2.12. The zero-order valence-electron chi connectivity index (χ0n) is 8.64. The van der Waals surface area contributed by atoms with E-state index in [0.29, 0.717) is 11.6 Å². The Morgan fingerprint density at radius 1 is 1.44 bits per heavy atom. The van der Waals surface area contributed by atoms with Crippen LogP contribution >= 0.6 is 11.5 Å². The molecule has 1 amide bonds. The molecule has 16 heavy (non-hydrogen) atoms. The molecule has 1 aliphatic carbocycles. The third kappa shape index (κ3) is 1.39. The number of carbonyl (C=O) groups excluding carboxylic acids is 1. The van der Waals surface area contributed by atoms with E-state index in [1.54, 1.807) is 6.07 Å². The summed E-state index contributed by atoms with van der Waals surface area (Å²) in [6.45, 7) is 0. The van der Waals surface area contributed by atoms with Crippen molar-refractivity contribution in [2.24, 2.45) is 5.73 Å². The van der Waals surface area contributed by atoms with Crippen molar-refractivity contribution in [2.45, 2.75) is 25.2 Å². The number of carbonyl (C=O) groups is 1. The van der Waals surface area contributed by atoms with Gasteiger partial charge in [-0.3, -0.25) is 4.79 Å². The number of hydrogen-bond acceptors (Lipinski definition) is 4. The molecule has 2 aromatic heterocycles. The molecular weight excluding hydrogens is 222 g/mol. The zero-order valence-corrected chi connectivity index (χ0v) is 9.46. The molecule has 82 valence electrons. The van der Waals surface area contributed by atoms with E-state index in [2.05, 4.69) is 9.36 Å². The Morgan fingerprint density at radius 3 is 2.88 bits per heavy atom. The van der Waals surface area contributed by atoms with E-state index >= 15 is 0 Å². The van der Waals surface area contributed by atoms with Crippen LogP contribution in [0.15, 0.2) is 12.1 Å². The first-order chi connectivity index (χ1) is 7.75. The molecule has 2 aromatic rings. The summed E-state index contributed by atoms with van der Waals surface area (Å²) in [4.78, 5) is 16.0. The smallest absolute Gasteiger partial charge is 0.267 e. The quantitative estimate of drug-likeness (QED) is 0.863. The average molecular weight is 233 g/mol. The van der Waals surface area contributed by atoms with Crippen LogP contribution in [-0.4, -0.2) is 15.3 Å². The maximum Gasteiger partial charge on any atom is 0.267 e. The molecule has 3 rings (SSSR count). The molecule has 1 aliphatic rings. The van der Waals surface area contributed by atoms with E-state index in [1.807, 2.05) is 6.07 Å². The van der Waals surface area contributed by atoms with Crippen molar-refractivity contribution in [1.29, 1.82) is 0 Å². The third-order valence-corrected chi connectivity index (χ3v) is 3.88. The summed E-state index contributed by atoms with van der Waals surface area (Å²) in [5, 5.41) is 1.08. The van der Waals surface area contributed by atoms with Gasteiger partial charge in [0.1, 0.15) is 10.5 Å². The van der Waals surface area contributed by atoms with Gasteiger partial charge >= 0.3 is 0 Å². The topological polar surface area (TPSA) is 68.9 Å². The Kier molecular flexibility index (Phi) is 2.14. The van der Waals surface area contributed by atoms with Crippen molar-refractivity contribution in [3.05, 3.63) is 23.5 Å². The maximum atomic E-state index is 11.0. The van der Waals surface area contributed by atoms with Gasteiger partial charge in [0.25, 0.3) is 5.91 Å². The highest BCUT2D eigenvalue weighted by molar-refractivity contribution is 7.12. The van der Waals surface area contributed by atoms with Crippen molar-refractivity contribution < 1.29 is 4.79 Å². The Hall–Kier alpha value is -1.49. The molecule has 0 aliphatic heterocycles. The molecule has 0 radical (unpaired) electrons. The molecule has 4 nitrogen and oxygen atoms in total. The maximum absolute atomic E-state index is 11.0. The first-order valence-corrected chi connectivity index (χ1v) is 6.09. The third-order valence-electron chi connectivity index (χ3n) is 3.11. The van der Waals surface area contributed by atoms with Gasteiger partial charge in [0, 0.05) is 11.3 Å². The second-order valence-electron chi connectivity index (χ2n) is 4.11. The Morgan fingerprint density at radius 2 is 2.25 bits per heavy atom. The van der Waals surface area contributed by atoms with Crippen LogP contribution in [0.4, 0.5) is 0 Å². The second kappa shape index (κ2) is 3.52. The van der Waals surface area contributed by atoms with E-state index in [9.17, 15) is 4.79 Å². The zero-order chi connectivity index (χ0) is 11.1. The number of pyridine rings is 1. The van der Waals surface area contributed by atoms with Crippen molar-refractivity contribution in [3.8, 4) is 0 Å². The molecule has 2 N–H and O–H groups in total. The number of nitrogens with zero attached hydrogens (tertiary/aromatic N) is 2. The summed E-state index contributed by atoms with van der Waals surface area (Å²) in [7, 11) is 0. The second-order valence-corrected chi connectivity index (χ2v) is 4.86. The molecule has 1 fully saturated rings. The van der Waals surface area contributed by atoms with Gasteiger partial charge in [-0.1, -0.05) is 6.42 Å². The van der Waals surface area contributed by atoms with Crippen LogP contribution in [-0.2, 0) is 0 Å². The highest BCUT2D eigenvalue weighted by Gasteiger charge is 2.24. The normalized spacial score (nSPS) is 16.2. The predicted octanol–water partition coefficient (Wildman–Crippen LogP) is 2.06. The largest absolute Gasteiger partial charge is 0.364 e. The Bertz CT molecular complexity index is 559. The van der Waals surface area contributed by atoms with Gasteiger partial charge in [-0.05, 0) is 36.5 Å². The number of nitrogens with two attached hydrogens (primary N) is 1. The Labute approximate surface area is 96.7 Å². The van der Waals surface area contributed by atoms with Crippen LogP contribution in [0.25, 0.3) is 10.2 Å². The van der Waals surface area contributed by atoms with Crippen LogP contribution in [0.2, 0.25) is 0 Å². The lowest BCUT2D eigenvalue weighted by atomic mass is 9.82. The van der Waals surface area contributed by atoms with E-state index in [4.69, 9.17) is 5.73 Å². The molecule has 0 saturated heterocycles. The summed E-state index contributed by atoms with van der Waals surface area (Å²) >= 11 is 1.35. The number of primary amides is 1. The molecule has 0 bridgehead atoms. The van der Waals surface area contributed by atoms with Crippen molar-refractivity contribution in [2.75, 3.05) is 0 Å². The minimum Gasteiger partial charge on any atom is -0.364 e. The van der Waals surface area contributed by atoms with Crippen molar-refractivity contribution in [1.82, 2.24) is 9.36 Å². The predicted molar refractivity (Wildman–Crippen MR) is 62.5 cm³/mol. The van der Waals surface area contributed by atoms with Crippen LogP contribution in [0.3, 0.4) is 0 Å². The number of amides is 1. The van der Waals surface area contributed by atoms with Gasteiger partial charge < -0.3 is 5.73 Å². The molecule has 0 unspecified atom stereocenters. The molecular formula is C11H11N3OS. The van der Waals surface area contributed by atoms with Crippen LogP contribution < -0.4 is 5.73 Å². The summed E-state index contributed by atoms with van der Waals surface area (Å²) in [5.74, 6) is 0.107. The van der Waals surface area contributed by atoms with Gasteiger partial charge in [0.05, 0.1) is 5.69 Å². The lowest BCUT2D eigenvalue weighted by Gasteiger charge is -2.23. The number of rotatable bonds is 2. The van der Waals surface area contributed by atoms with Gasteiger partial charge in [-0.25, -0.2) is 4.98 Å². The summed E-state index contributed by atoms with van der Waals surface area (Å²) in [6, 6.07) is 3.60. The highest BCUT2D eigenvalue weighted by Crippen LogP contribution is 2.39. The van der Waals surface area contributed by atoms with Crippen molar-refractivity contribution >= 4 is 27.7 Å². The minimum atomic E-state index is -0.486. The van der Waals surface area contributed by atoms with Crippen molar-refractivity contribution in [3.63, 3.8) is 0 Å². The van der Waals surface area contributed by atoms with Gasteiger partial charge in [0.2, 0.25) is 0 Å². The van der Waals surface area contributed by atoms with Gasteiger partial charge in [0.15, 0.2) is 0 Å². The highest BCUT2D eigenvalue weighted by atomic mass is 32.1. The van der Waals surface area contributed by atoms with E-state index in [-0.39, 0.29) is 0 Å². The van der Waals surface area contributed by atoms with Gasteiger partial charge in [-0.15, -0.1) is 0 Å². The molecule has 0 aromatic carbocycles. The number of fused-ring (bicyclic) bond motifs is 1. The first-order valence-electron chi connectivity index (χ1n) is 5.32. The van der Waals surface area contributed by atoms with E-state index in [1.165, 1.54) is 30.8 Å². The first kappa shape index (κ1) is 9.72. The Balaban J connectivity index is 2.10. The standard InChI is InChI=1S/C11H11N3OS/c12-10(15)8-5-4-7-9(6-2-1-3-6)14-16-11(7)13-8/h4-6H,1-3H2,(H2,12,15). The summed E-state index contributed by atoms with van der Waals surface area (Å²) in [5.41, 5.74) is 6.66. The van der Waals surface area contributed by atoms with E-state index < -0.39 is 5.91 Å². The van der Waals surface area contributed by atoms with E-state index in [0.717, 1.165) is 15.9 Å². The summed E-state index contributed by atoms with van der Waals surface area (Å²) < 4.78 is 4.44. The fraction of sp³-hybridized carbons (Fsp3) is 0.364. The molecule has 0 spiro atoms. The van der Waals surface area contributed by atoms with Crippen LogP contribution in [0.1, 0.15) is 41.4 Å². The minimum absolute atomic E-state index is 0.316. The average Bonchev–Trinajstić information content (AvgIpc) is 2.59. The fourth-order valence-corrected chi connectivity index (χ4v) is 2.80. The van der Waals surface area contributed by atoms with Gasteiger partial charge in [-0.2, -0.15) is 4.37 Å². The SMILES string of the molecule is NC(=O)c1ccc2c(C3CCC3)nsc2n1. The molecule has 5 heteroatoms. The molecule has 0 atom stereocenters.